The molecule has 2 rings (SSSR count). The highest BCUT2D eigenvalue weighted by Gasteiger charge is 2.15. The summed E-state index contributed by atoms with van der Waals surface area (Å²) in [6.07, 6.45) is 0. The van der Waals surface area contributed by atoms with E-state index in [0.29, 0.717) is 6.61 Å². The van der Waals surface area contributed by atoms with Crippen LogP contribution in [0.25, 0.3) is 0 Å². The van der Waals surface area contributed by atoms with Crippen LogP contribution in [0.4, 0.5) is 0 Å². The van der Waals surface area contributed by atoms with Crippen molar-refractivity contribution in [1.82, 2.24) is 0 Å². The standard InChI is InChI=1S/C16H15BrCl2O/c1-3-20-12-6-7-13(14(17)9-12)16(19)11-5-4-10(2)15(18)8-11/h4-9,16H,3H2,1-2H3. The fourth-order valence-corrected chi connectivity index (χ4v) is 3.15. The second kappa shape index (κ2) is 6.84. The van der Waals surface area contributed by atoms with Crippen LogP contribution in [-0.2, 0) is 0 Å². The quantitative estimate of drug-likeness (QED) is 0.585. The Bertz CT molecular complexity index is 613. The van der Waals surface area contributed by atoms with Crippen molar-refractivity contribution in [2.24, 2.45) is 0 Å². The van der Waals surface area contributed by atoms with Gasteiger partial charge >= 0.3 is 0 Å². The normalized spacial score (nSPS) is 12.2. The van der Waals surface area contributed by atoms with Crippen LogP contribution in [-0.4, -0.2) is 6.61 Å². The summed E-state index contributed by atoms with van der Waals surface area (Å²) in [5, 5.41) is 0.480. The van der Waals surface area contributed by atoms with Crippen molar-refractivity contribution in [3.8, 4) is 5.75 Å². The van der Waals surface area contributed by atoms with Gasteiger partial charge in [-0.15, -0.1) is 11.6 Å². The Balaban J connectivity index is 2.32. The average molecular weight is 374 g/mol. The molecule has 0 saturated heterocycles. The summed E-state index contributed by atoms with van der Waals surface area (Å²) in [4.78, 5) is 0. The molecule has 1 unspecified atom stereocenters. The third kappa shape index (κ3) is 3.49. The predicted molar refractivity (Wildman–Crippen MR) is 89.2 cm³/mol. The first kappa shape index (κ1) is 15.7. The Morgan fingerprint density at radius 2 is 1.95 bits per heavy atom. The summed E-state index contributed by atoms with van der Waals surface area (Å²) in [5.41, 5.74) is 3.02. The van der Waals surface area contributed by atoms with Gasteiger partial charge in [-0.3, -0.25) is 0 Å². The fraction of sp³-hybridized carbons (Fsp3) is 0.250. The Hall–Kier alpha value is -0.700. The average Bonchev–Trinajstić information content (AvgIpc) is 2.42. The summed E-state index contributed by atoms with van der Waals surface area (Å²) in [6, 6.07) is 11.7. The number of benzene rings is 2. The van der Waals surface area contributed by atoms with Crippen LogP contribution in [0.3, 0.4) is 0 Å². The van der Waals surface area contributed by atoms with Crippen molar-refractivity contribution in [3.63, 3.8) is 0 Å². The number of hydrogen-bond donors (Lipinski definition) is 0. The van der Waals surface area contributed by atoms with Gasteiger partial charge in [0.15, 0.2) is 0 Å². The lowest BCUT2D eigenvalue weighted by Gasteiger charge is -2.14. The molecule has 0 radical (unpaired) electrons. The van der Waals surface area contributed by atoms with Crippen molar-refractivity contribution in [1.29, 1.82) is 0 Å². The van der Waals surface area contributed by atoms with Crippen LogP contribution in [0.15, 0.2) is 40.9 Å². The highest BCUT2D eigenvalue weighted by atomic mass is 79.9. The molecule has 2 aromatic carbocycles. The fourth-order valence-electron chi connectivity index (χ4n) is 1.92. The molecule has 0 bridgehead atoms. The molecule has 0 fully saturated rings. The van der Waals surface area contributed by atoms with Gasteiger partial charge in [0.05, 0.1) is 12.0 Å². The van der Waals surface area contributed by atoms with E-state index >= 15 is 0 Å². The lowest BCUT2D eigenvalue weighted by atomic mass is 10.0. The molecule has 0 spiro atoms. The summed E-state index contributed by atoms with van der Waals surface area (Å²) >= 11 is 16.3. The zero-order chi connectivity index (χ0) is 14.7. The minimum atomic E-state index is -0.252. The maximum Gasteiger partial charge on any atom is 0.120 e. The Morgan fingerprint density at radius 3 is 2.55 bits per heavy atom. The zero-order valence-electron chi connectivity index (χ0n) is 11.3. The van der Waals surface area contributed by atoms with Crippen LogP contribution >= 0.6 is 39.1 Å². The molecule has 2 aromatic rings. The molecule has 0 heterocycles. The van der Waals surface area contributed by atoms with E-state index in [-0.39, 0.29) is 5.38 Å². The Kier molecular flexibility index (Phi) is 5.36. The van der Waals surface area contributed by atoms with Gasteiger partial charge in [0.25, 0.3) is 0 Å². The largest absolute Gasteiger partial charge is 0.494 e. The van der Waals surface area contributed by atoms with E-state index in [0.717, 1.165) is 31.9 Å². The molecule has 0 aliphatic carbocycles. The Labute approximate surface area is 138 Å². The smallest absolute Gasteiger partial charge is 0.120 e. The molecule has 0 aliphatic rings. The molecular weight excluding hydrogens is 359 g/mol. The van der Waals surface area contributed by atoms with E-state index in [9.17, 15) is 0 Å². The number of halogens is 3. The van der Waals surface area contributed by atoms with Crippen LogP contribution in [0, 0.1) is 6.92 Å². The van der Waals surface area contributed by atoms with Gasteiger partial charge in [-0.2, -0.15) is 0 Å². The zero-order valence-corrected chi connectivity index (χ0v) is 14.4. The molecular formula is C16H15BrCl2O. The van der Waals surface area contributed by atoms with Gasteiger partial charge in [0.2, 0.25) is 0 Å². The van der Waals surface area contributed by atoms with Gasteiger partial charge in [0.1, 0.15) is 5.75 Å². The molecule has 0 N–H and O–H groups in total. The summed E-state index contributed by atoms with van der Waals surface area (Å²) < 4.78 is 6.40. The number of alkyl halides is 1. The van der Waals surface area contributed by atoms with Gasteiger partial charge in [-0.25, -0.2) is 0 Å². The molecule has 20 heavy (non-hydrogen) atoms. The maximum atomic E-state index is 6.56. The minimum Gasteiger partial charge on any atom is -0.494 e. The molecule has 0 amide bonds. The minimum absolute atomic E-state index is 0.252. The van der Waals surface area contributed by atoms with E-state index in [1.165, 1.54) is 0 Å². The van der Waals surface area contributed by atoms with E-state index in [1.54, 1.807) is 0 Å². The third-order valence-electron chi connectivity index (χ3n) is 3.04. The number of hydrogen-bond acceptors (Lipinski definition) is 1. The van der Waals surface area contributed by atoms with Crippen molar-refractivity contribution in [2.75, 3.05) is 6.61 Å². The molecule has 1 atom stereocenters. The summed E-state index contributed by atoms with van der Waals surface area (Å²) in [5.74, 6) is 0.828. The SMILES string of the molecule is CCOc1ccc(C(Cl)c2ccc(C)c(Cl)c2)c(Br)c1. The first-order valence-corrected chi connectivity index (χ1v) is 7.96. The second-order valence-corrected chi connectivity index (χ2v) is 6.19. The lowest BCUT2D eigenvalue weighted by molar-refractivity contribution is 0.340. The van der Waals surface area contributed by atoms with Crippen molar-refractivity contribution in [3.05, 3.63) is 62.6 Å². The van der Waals surface area contributed by atoms with E-state index in [1.807, 2.05) is 50.2 Å². The van der Waals surface area contributed by atoms with Gasteiger partial charge in [-0.05, 0) is 48.7 Å². The van der Waals surface area contributed by atoms with Crippen LogP contribution < -0.4 is 4.74 Å². The van der Waals surface area contributed by atoms with E-state index < -0.39 is 0 Å². The molecule has 106 valence electrons. The molecule has 0 aromatic heterocycles. The van der Waals surface area contributed by atoms with Crippen molar-refractivity contribution in [2.45, 2.75) is 19.2 Å². The molecule has 4 heteroatoms. The molecule has 0 aliphatic heterocycles. The summed E-state index contributed by atoms with van der Waals surface area (Å²) in [6.45, 7) is 4.58. The van der Waals surface area contributed by atoms with Crippen LogP contribution in [0.2, 0.25) is 5.02 Å². The van der Waals surface area contributed by atoms with Crippen LogP contribution in [0.1, 0.15) is 29.0 Å². The molecule has 1 nitrogen and oxygen atoms in total. The van der Waals surface area contributed by atoms with Crippen molar-refractivity contribution < 1.29 is 4.74 Å². The number of ether oxygens (including phenoxy) is 1. The first-order chi connectivity index (χ1) is 9.52. The highest BCUT2D eigenvalue weighted by molar-refractivity contribution is 9.10. The lowest BCUT2D eigenvalue weighted by Crippen LogP contribution is -1.97. The second-order valence-electron chi connectivity index (χ2n) is 4.49. The van der Waals surface area contributed by atoms with E-state index in [2.05, 4.69) is 15.9 Å². The first-order valence-electron chi connectivity index (χ1n) is 6.35. The number of rotatable bonds is 4. The monoisotopic (exact) mass is 372 g/mol. The van der Waals surface area contributed by atoms with Crippen molar-refractivity contribution >= 4 is 39.1 Å². The number of aryl methyl sites for hydroxylation is 1. The van der Waals surface area contributed by atoms with E-state index in [4.69, 9.17) is 27.9 Å². The molecule has 0 saturated carbocycles. The van der Waals surface area contributed by atoms with Gasteiger partial charge in [-0.1, -0.05) is 45.7 Å². The topological polar surface area (TPSA) is 9.23 Å². The predicted octanol–water partition coefficient (Wildman–Crippen LogP) is 6.14. The van der Waals surface area contributed by atoms with Gasteiger partial charge in [0, 0.05) is 9.50 Å². The van der Waals surface area contributed by atoms with Gasteiger partial charge < -0.3 is 4.74 Å². The maximum absolute atomic E-state index is 6.56. The van der Waals surface area contributed by atoms with Crippen LogP contribution in [0.5, 0.6) is 5.75 Å². The third-order valence-corrected chi connectivity index (χ3v) is 4.63. The summed E-state index contributed by atoms with van der Waals surface area (Å²) in [7, 11) is 0. The Morgan fingerprint density at radius 1 is 1.20 bits per heavy atom. The highest BCUT2D eigenvalue weighted by Crippen LogP contribution is 2.36.